The fourth-order valence-electron chi connectivity index (χ4n) is 2.66. The summed E-state index contributed by atoms with van der Waals surface area (Å²) in [5, 5.41) is 6.58. The van der Waals surface area contributed by atoms with E-state index < -0.39 is 0 Å². The topological polar surface area (TPSA) is 67.4 Å². The van der Waals surface area contributed by atoms with Crippen molar-refractivity contribution in [3.8, 4) is 11.5 Å². The van der Waals surface area contributed by atoms with E-state index >= 15 is 0 Å². The Morgan fingerprint density at radius 2 is 1.85 bits per heavy atom. The average Bonchev–Trinajstić information content (AvgIpc) is 2.69. The molecule has 0 aromatic heterocycles. The van der Waals surface area contributed by atoms with Crippen LogP contribution in [0.5, 0.6) is 11.5 Å². The van der Waals surface area contributed by atoms with Crippen LogP contribution in [0.2, 0.25) is 0 Å². The molecule has 2 N–H and O–H groups in total. The summed E-state index contributed by atoms with van der Waals surface area (Å²) < 4.78 is 16.2. The number of morpholine rings is 1. The number of rotatable bonds is 10. The van der Waals surface area contributed by atoms with Crippen molar-refractivity contribution >= 4 is 29.9 Å². The lowest BCUT2D eigenvalue weighted by molar-refractivity contribution is 0.0377. The number of hydrogen-bond acceptors (Lipinski definition) is 5. The summed E-state index contributed by atoms with van der Waals surface area (Å²) in [6.45, 7) is 9.83. The SMILES string of the molecule is CCNC(=NCCCN1CCOCC1)NCCOc1ccc(OC)cc1.I. The third-order valence-corrected chi connectivity index (χ3v) is 4.07. The number of benzene rings is 1. The van der Waals surface area contributed by atoms with Crippen molar-refractivity contribution in [2.24, 2.45) is 4.99 Å². The molecule has 1 aliphatic heterocycles. The monoisotopic (exact) mass is 492 g/mol. The Hall–Kier alpha value is -1.26. The second-order valence-electron chi connectivity index (χ2n) is 6.02. The zero-order valence-corrected chi connectivity index (χ0v) is 18.7. The largest absolute Gasteiger partial charge is 0.497 e. The Morgan fingerprint density at radius 3 is 2.52 bits per heavy atom. The normalized spacial score (nSPS) is 15.0. The van der Waals surface area contributed by atoms with Crippen molar-refractivity contribution in [3.63, 3.8) is 0 Å². The number of nitrogens with one attached hydrogen (secondary N) is 2. The van der Waals surface area contributed by atoms with Gasteiger partial charge in [0.1, 0.15) is 18.1 Å². The van der Waals surface area contributed by atoms with Crippen molar-refractivity contribution in [2.45, 2.75) is 13.3 Å². The van der Waals surface area contributed by atoms with Crippen LogP contribution in [-0.4, -0.2) is 77.1 Å². The van der Waals surface area contributed by atoms with Crippen molar-refractivity contribution < 1.29 is 14.2 Å². The molecule has 0 radical (unpaired) electrons. The van der Waals surface area contributed by atoms with E-state index in [1.807, 2.05) is 24.3 Å². The van der Waals surface area contributed by atoms with E-state index in [0.29, 0.717) is 13.2 Å². The molecule has 1 heterocycles. The standard InChI is InChI=1S/C19H32N4O3.HI/c1-3-20-19(21-9-4-11-23-12-15-25-16-13-23)22-10-14-26-18-7-5-17(24-2)6-8-18;/h5-8H,3-4,9-16H2,1-2H3,(H2,20,21,22);1H. The van der Waals surface area contributed by atoms with Gasteiger partial charge in [0.2, 0.25) is 0 Å². The summed E-state index contributed by atoms with van der Waals surface area (Å²) in [6, 6.07) is 7.60. The highest BCUT2D eigenvalue weighted by molar-refractivity contribution is 14.0. The van der Waals surface area contributed by atoms with Crippen LogP contribution in [0.1, 0.15) is 13.3 Å². The van der Waals surface area contributed by atoms with Crippen LogP contribution in [0, 0.1) is 0 Å². The molecule has 0 aliphatic carbocycles. The summed E-state index contributed by atoms with van der Waals surface area (Å²) in [5.41, 5.74) is 0. The summed E-state index contributed by atoms with van der Waals surface area (Å²) in [7, 11) is 1.66. The van der Waals surface area contributed by atoms with Crippen LogP contribution < -0.4 is 20.1 Å². The van der Waals surface area contributed by atoms with E-state index in [0.717, 1.165) is 69.8 Å². The molecule has 0 atom stereocenters. The maximum atomic E-state index is 5.72. The first-order valence-corrected chi connectivity index (χ1v) is 9.41. The van der Waals surface area contributed by atoms with Crippen LogP contribution >= 0.6 is 24.0 Å². The van der Waals surface area contributed by atoms with Gasteiger partial charge in [-0.2, -0.15) is 0 Å². The Bertz CT molecular complexity index is 522. The minimum atomic E-state index is 0. The van der Waals surface area contributed by atoms with Gasteiger partial charge in [0.15, 0.2) is 5.96 Å². The van der Waals surface area contributed by atoms with Crippen LogP contribution in [0.15, 0.2) is 29.3 Å². The molecule has 1 saturated heterocycles. The first kappa shape index (κ1) is 23.8. The Morgan fingerprint density at radius 1 is 1.15 bits per heavy atom. The van der Waals surface area contributed by atoms with Gasteiger partial charge in [-0.15, -0.1) is 24.0 Å². The predicted molar refractivity (Wildman–Crippen MR) is 120 cm³/mol. The van der Waals surface area contributed by atoms with E-state index in [-0.39, 0.29) is 24.0 Å². The molecular formula is C19H33IN4O3. The van der Waals surface area contributed by atoms with Gasteiger partial charge in [-0.1, -0.05) is 0 Å². The summed E-state index contributed by atoms with van der Waals surface area (Å²) in [6.07, 6.45) is 1.05. The maximum absolute atomic E-state index is 5.72. The molecule has 2 rings (SSSR count). The van der Waals surface area contributed by atoms with Crippen LogP contribution in [0.3, 0.4) is 0 Å². The van der Waals surface area contributed by atoms with Gasteiger partial charge in [-0.3, -0.25) is 9.89 Å². The van der Waals surface area contributed by atoms with Gasteiger partial charge in [0.25, 0.3) is 0 Å². The number of aliphatic imine (C=N–C) groups is 1. The Kier molecular flexibility index (Phi) is 13.0. The summed E-state index contributed by atoms with van der Waals surface area (Å²) in [5.74, 6) is 2.50. The molecule has 0 saturated carbocycles. The molecule has 7 nitrogen and oxygen atoms in total. The van der Waals surface area contributed by atoms with Gasteiger partial charge in [0.05, 0.1) is 26.9 Å². The van der Waals surface area contributed by atoms with Crippen molar-refractivity contribution in [1.29, 1.82) is 0 Å². The molecule has 1 aromatic carbocycles. The van der Waals surface area contributed by atoms with Gasteiger partial charge in [-0.05, 0) is 37.6 Å². The minimum absolute atomic E-state index is 0. The van der Waals surface area contributed by atoms with E-state index in [1.165, 1.54) is 0 Å². The maximum Gasteiger partial charge on any atom is 0.191 e. The van der Waals surface area contributed by atoms with E-state index in [1.54, 1.807) is 7.11 Å². The van der Waals surface area contributed by atoms with Crippen molar-refractivity contribution in [3.05, 3.63) is 24.3 Å². The fourth-order valence-corrected chi connectivity index (χ4v) is 2.66. The van der Waals surface area contributed by atoms with Crippen molar-refractivity contribution in [2.75, 3.05) is 66.2 Å². The highest BCUT2D eigenvalue weighted by Crippen LogP contribution is 2.16. The molecule has 1 aromatic rings. The lowest BCUT2D eigenvalue weighted by Gasteiger charge is -2.26. The van der Waals surface area contributed by atoms with Gasteiger partial charge >= 0.3 is 0 Å². The fraction of sp³-hybridized carbons (Fsp3) is 0.632. The van der Waals surface area contributed by atoms with Crippen LogP contribution in [0.25, 0.3) is 0 Å². The first-order valence-electron chi connectivity index (χ1n) is 9.41. The smallest absolute Gasteiger partial charge is 0.191 e. The molecule has 1 aliphatic rings. The molecule has 0 spiro atoms. The highest BCUT2D eigenvalue weighted by Gasteiger charge is 2.09. The number of ether oxygens (including phenoxy) is 3. The van der Waals surface area contributed by atoms with Crippen molar-refractivity contribution in [1.82, 2.24) is 15.5 Å². The van der Waals surface area contributed by atoms with Gasteiger partial charge in [0, 0.05) is 32.7 Å². The molecule has 27 heavy (non-hydrogen) atoms. The predicted octanol–water partition coefficient (Wildman–Crippen LogP) is 1.97. The molecule has 1 fully saturated rings. The zero-order valence-electron chi connectivity index (χ0n) is 16.4. The number of guanidine groups is 1. The average molecular weight is 492 g/mol. The second kappa shape index (κ2) is 14.8. The number of nitrogens with zero attached hydrogens (tertiary/aromatic N) is 2. The molecule has 154 valence electrons. The van der Waals surface area contributed by atoms with E-state index in [9.17, 15) is 0 Å². The highest BCUT2D eigenvalue weighted by atomic mass is 127. The molecule has 0 unspecified atom stereocenters. The third-order valence-electron chi connectivity index (χ3n) is 4.07. The lowest BCUT2D eigenvalue weighted by atomic mass is 10.3. The minimum Gasteiger partial charge on any atom is -0.497 e. The van der Waals surface area contributed by atoms with Crippen LogP contribution in [-0.2, 0) is 4.74 Å². The number of methoxy groups -OCH3 is 1. The van der Waals surface area contributed by atoms with Crippen LogP contribution in [0.4, 0.5) is 0 Å². The Labute approximate surface area is 179 Å². The Balaban J connectivity index is 0.00000364. The third kappa shape index (κ3) is 10.0. The van der Waals surface area contributed by atoms with Gasteiger partial charge in [-0.25, -0.2) is 0 Å². The number of halogens is 1. The lowest BCUT2D eigenvalue weighted by Crippen LogP contribution is -2.39. The van der Waals surface area contributed by atoms with Gasteiger partial charge < -0.3 is 24.8 Å². The molecule has 0 bridgehead atoms. The van der Waals surface area contributed by atoms with E-state index in [2.05, 4.69) is 27.4 Å². The summed E-state index contributed by atoms with van der Waals surface area (Å²) >= 11 is 0. The second-order valence-corrected chi connectivity index (χ2v) is 6.02. The molecule has 8 heteroatoms. The quantitative estimate of drug-likeness (QED) is 0.226. The first-order chi connectivity index (χ1) is 12.8. The number of hydrogen-bond donors (Lipinski definition) is 2. The van der Waals surface area contributed by atoms with E-state index in [4.69, 9.17) is 14.2 Å². The molecule has 0 amide bonds. The zero-order chi connectivity index (χ0) is 18.5. The summed E-state index contributed by atoms with van der Waals surface area (Å²) in [4.78, 5) is 7.06. The molecular weight excluding hydrogens is 459 g/mol.